The Balaban J connectivity index is 1.46. The second kappa shape index (κ2) is 8.27. The van der Waals surface area contributed by atoms with Crippen molar-refractivity contribution in [2.75, 3.05) is 51.8 Å². The number of rotatable bonds is 6. The van der Waals surface area contributed by atoms with E-state index in [9.17, 15) is 4.79 Å². The number of nitrogens with zero attached hydrogens (tertiary/aromatic N) is 2. The van der Waals surface area contributed by atoms with E-state index in [1.807, 2.05) is 38.2 Å². The molecule has 140 valence electrons. The minimum Gasteiger partial charge on any atom is -0.497 e. The van der Waals surface area contributed by atoms with Gasteiger partial charge in [0.05, 0.1) is 39.8 Å². The average Bonchev–Trinajstić information content (AvgIpc) is 3.07. The van der Waals surface area contributed by atoms with E-state index >= 15 is 0 Å². The molecule has 6 heteroatoms. The first-order valence-corrected chi connectivity index (χ1v) is 9.07. The number of amides is 1. The normalized spacial score (nSPS) is 15.1. The van der Waals surface area contributed by atoms with Crippen LogP contribution in [-0.2, 0) is 11.3 Å². The van der Waals surface area contributed by atoms with Crippen LogP contribution < -0.4 is 14.5 Å². The van der Waals surface area contributed by atoms with Crippen molar-refractivity contribution in [2.24, 2.45) is 0 Å². The van der Waals surface area contributed by atoms with Crippen LogP contribution in [0.3, 0.4) is 0 Å². The Morgan fingerprint density at radius 2 is 1.88 bits per heavy atom. The third-order valence-corrected chi connectivity index (χ3v) is 4.92. The lowest BCUT2D eigenvalue weighted by molar-refractivity contribution is -0.892. The van der Waals surface area contributed by atoms with Crippen molar-refractivity contribution in [2.45, 2.75) is 13.5 Å². The summed E-state index contributed by atoms with van der Waals surface area (Å²) in [6.07, 6.45) is 0. The Morgan fingerprint density at radius 1 is 1.19 bits per heavy atom. The van der Waals surface area contributed by atoms with Crippen molar-refractivity contribution in [1.29, 1.82) is 0 Å². The Kier molecular flexibility index (Phi) is 5.83. The molecule has 0 bridgehead atoms. The fourth-order valence-corrected chi connectivity index (χ4v) is 3.29. The quantitative estimate of drug-likeness (QED) is 0.836. The van der Waals surface area contributed by atoms with Crippen molar-refractivity contribution in [1.82, 2.24) is 4.90 Å². The predicted molar refractivity (Wildman–Crippen MR) is 101 cm³/mol. The molecule has 0 saturated carbocycles. The van der Waals surface area contributed by atoms with Gasteiger partial charge in [-0.05, 0) is 43.3 Å². The van der Waals surface area contributed by atoms with Crippen LogP contribution in [0.2, 0.25) is 0 Å². The Morgan fingerprint density at radius 3 is 2.46 bits per heavy atom. The standard InChI is InChI=1S/C20H27N3O3/c1-16-4-7-19(26-16)14-21(2)20(24)15-22-10-12-23(13-11-22)17-5-8-18(25-3)9-6-17/h4-9H,10-15H2,1-3H3/p+1. The number of anilines is 1. The lowest BCUT2D eigenvalue weighted by Crippen LogP contribution is -3.15. The smallest absolute Gasteiger partial charge is 0.277 e. The van der Waals surface area contributed by atoms with Gasteiger partial charge in [-0.3, -0.25) is 4.79 Å². The number of hydrogen-bond donors (Lipinski definition) is 1. The van der Waals surface area contributed by atoms with Gasteiger partial charge in [0.1, 0.15) is 17.3 Å². The molecule has 0 atom stereocenters. The van der Waals surface area contributed by atoms with Gasteiger partial charge in [-0.25, -0.2) is 0 Å². The summed E-state index contributed by atoms with van der Waals surface area (Å²) in [6.45, 7) is 6.81. The highest BCUT2D eigenvalue weighted by atomic mass is 16.5. The zero-order chi connectivity index (χ0) is 18.5. The van der Waals surface area contributed by atoms with Crippen molar-refractivity contribution in [3.63, 3.8) is 0 Å². The van der Waals surface area contributed by atoms with E-state index in [2.05, 4.69) is 17.0 Å². The van der Waals surface area contributed by atoms with Crippen molar-refractivity contribution < 1.29 is 18.8 Å². The molecular weight excluding hydrogens is 330 g/mol. The Labute approximate surface area is 154 Å². The molecule has 0 radical (unpaired) electrons. The number of ether oxygens (including phenoxy) is 1. The minimum absolute atomic E-state index is 0.159. The largest absolute Gasteiger partial charge is 0.497 e. The molecule has 6 nitrogen and oxygen atoms in total. The topological polar surface area (TPSA) is 50.4 Å². The van der Waals surface area contributed by atoms with E-state index in [0.717, 1.165) is 43.4 Å². The van der Waals surface area contributed by atoms with Crippen LogP contribution in [0.1, 0.15) is 11.5 Å². The molecule has 2 heterocycles. The first-order valence-electron chi connectivity index (χ1n) is 9.07. The summed E-state index contributed by atoms with van der Waals surface area (Å²) in [5.41, 5.74) is 1.21. The molecule has 1 aromatic carbocycles. The van der Waals surface area contributed by atoms with Gasteiger partial charge in [0.15, 0.2) is 6.54 Å². The highest BCUT2D eigenvalue weighted by Crippen LogP contribution is 2.19. The zero-order valence-electron chi connectivity index (χ0n) is 15.8. The molecule has 1 aliphatic rings. The maximum absolute atomic E-state index is 12.5. The van der Waals surface area contributed by atoms with Gasteiger partial charge in [-0.2, -0.15) is 0 Å². The van der Waals surface area contributed by atoms with E-state index in [4.69, 9.17) is 9.15 Å². The monoisotopic (exact) mass is 358 g/mol. The van der Waals surface area contributed by atoms with Gasteiger partial charge in [0, 0.05) is 12.7 Å². The summed E-state index contributed by atoms with van der Waals surface area (Å²) < 4.78 is 10.8. The number of aryl methyl sites for hydroxylation is 1. The van der Waals surface area contributed by atoms with Crippen LogP contribution in [0, 0.1) is 6.92 Å². The first kappa shape index (κ1) is 18.3. The van der Waals surface area contributed by atoms with Crippen molar-refractivity contribution in [3.05, 3.63) is 47.9 Å². The summed E-state index contributed by atoms with van der Waals surface area (Å²) in [7, 11) is 3.52. The number of furan rings is 1. The van der Waals surface area contributed by atoms with Crippen LogP contribution in [-0.4, -0.2) is 57.7 Å². The van der Waals surface area contributed by atoms with Gasteiger partial charge in [0.2, 0.25) is 0 Å². The van der Waals surface area contributed by atoms with Gasteiger partial charge in [0.25, 0.3) is 5.91 Å². The average molecular weight is 358 g/mol. The summed E-state index contributed by atoms with van der Waals surface area (Å²) in [5, 5.41) is 0. The van der Waals surface area contributed by atoms with Crippen molar-refractivity contribution >= 4 is 11.6 Å². The molecule has 1 aliphatic heterocycles. The van der Waals surface area contributed by atoms with Crippen LogP contribution in [0.4, 0.5) is 5.69 Å². The fourth-order valence-electron chi connectivity index (χ4n) is 3.29. The number of carbonyl (C=O) groups excluding carboxylic acids is 1. The number of quaternary nitrogens is 1. The molecule has 1 aromatic heterocycles. The van der Waals surface area contributed by atoms with E-state index < -0.39 is 0 Å². The number of benzene rings is 1. The third-order valence-electron chi connectivity index (χ3n) is 4.92. The summed E-state index contributed by atoms with van der Waals surface area (Å²) in [5.74, 6) is 2.74. The summed E-state index contributed by atoms with van der Waals surface area (Å²) >= 11 is 0. The van der Waals surface area contributed by atoms with Crippen LogP contribution in [0.15, 0.2) is 40.8 Å². The summed E-state index contributed by atoms with van der Waals surface area (Å²) in [4.78, 5) is 17.9. The zero-order valence-corrected chi connectivity index (χ0v) is 15.8. The van der Waals surface area contributed by atoms with Gasteiger partial charge in [-0.15, -0.1) is 0 Å². The number of nitrogens with one attached hydrogen (secondary N) is 1. The lowest BCUT2D eigenvalue weighted by Gasteiger charge is -2.34. The van der Waals surface area contributed by atoms with E-state index in [1.54, 1.807) is 12.0 Å². The van der Waals surface area contributed by atoms with E-state index in [1.165, 1.54) is 10.6 Å². The molecule has 1 N–H and O–H groups in total. The molecule has 0 unspecified atom stereocenters. The molecule has 0 aliphatic carbocycles. The third kappa shape index (κ3) is 4.58. The first-order chi connectivity index (χ1) is 12.5. The second-order valence-corrected chi connectivity index (χ2v) is 6.87. The highest BCUT2D eigenvalue weighted by Gasteiger charge is 2.24. The number of hydrogen-bond acceptors (Lipinski definition) is 4. The molecule has 26 heavy (non-hydrogen) atoms. The highest BCUT2D eigenvalue weighted by molar-refractivity contribution is 5.76. The number of piperazine rings is 1. The van der Waals surface area contributed by atoms with Crippen LogP contribution in [0.25, 0.3) is 0 Å². The van der Waals surface area contributed by atoms with Crippen LogP contribution >= 0.6 is 0 Å². The van der Waals surface area contributed by atoms with Gasteiger partial charge in [-0.1, -0.05) is 0 Å². The lowest BCUT2D eigenvalue weighted by atomic mass is 10.2. The fraction of sp³-hybridized carbons (Fsp3) is 0.450. The SMILES string of the molecule is COc1ccc(N2CC[NH+](CC(=O)N(C)Cc3ccc(C)o3)CC2)cc1. The second-order valence-electron chi connectivity index (χ2n) is 6.87. The number of carbonyl (C=O) groups is 1. The number of methoxy groups -OCH3 is 1. The molecule has 2 aromatic rings. The maximum Gasteiger partial charge on any atom is 0.277 e. The molecule has 3 rings (SSSR count). The van der Waals surface area contributed by atoms with Gasteiger partial charge < -0.3 is 23.9 Å². The maximum atomic E-state index is 12.5. The Bertz CT molecular complexity index is 718. The molecule has 1 amide bonds. The van der Waals surface area contributed by atoms with E-state index in [-0.39, 0.29) is 5.91 Å². The van der Waals surface area contributed by atoms with Crippen molar-refractivity contribution in [3.8, 4) is 5.75 Å². The minimum atomic E-state index is 0.159. The van der Waals surface area contributed by atoms with E-state index in [0.29, 0.717) is 13.1 Å². The van der Waals surface area contributed by atoms with Gasteiger partial charge >= 0.3 is 0 Å². The molecule has 1 saturated heterocycles. The summed E-state index contributed by atoms with van der Waals surface area (Å²) in [6, 6.07) is 12.0. The Hall–Kier alpha value is -2.47. The molecule has 0 spiro atoms. The number of likely N-dealkylation sites (N-methyl/N-ethyl adjacent to an activating group) is 1. The predicted octanol–water partition coefficient (Wildman–Crippen LogP) is 0.960. The molecular formula is C20H28N3O3+. The molecule has 1 fully saturated rings. The van der Waals surface area contributed by atoms with Crippen LogP contribution in [0.5, 0.6) is 5.75 Å².